The minimum Gasteiger partial charge on any atom is -0.494 e. The lowest BCUT2D eigenvalue weighted by molar-refractivity contribution is -0.0191. The molecule has 200 valence electrons. The van der Waals surface area contributed by atoms with E-state index in [0.29, 0.717) is 24.0 Å². The van der Waals surface area contributed by atoms with Crippen LogP contribution in [0.3, 0.4) is 0 Å². The topological polar surface area (TPSA) is 52.5 Å². The van der Waals surface area contributed by atoms with E-state index in [2.05, 4.69) is 19.1 Å². The number of halogens is 1. The van der Waals surface area contributed by atoms with E-state index >= 15 is 0 Å². The van der Waals surface area contributed by atoms with Crippen LogP contribution in [0.4, 0.5) is 0 Å². The molecule has 3 aromatic rings. The molecule has 0 aliphatic carbocycles. The number of unbranched alkanes of at least 4 members (excludes halogenated alkanes) is 3. The molecule has 0 spiro atoms. The van der Waals surface area contributed by atoms with E-state index in [4.69, 9.17) is 35.6 Å². The van der Waals surface area contributed by atoms with E-state index in [1.807, 2.05) is 60.5 Å². The highest BCUT2D eigenvalue weighted by molar-refractivity contribution is 6.30. The van der Waals surface area contributed by atoms with Gasteiger partial charge in [0.2, 0.25) is 6.23 Å². The summed E-state index contributed by atoms with van der Waals surface area (Å²) in [6.07, 6.45) is 4.96. The van der Waals surface area contributed by atoms with Crippen molar-refractivity contribution in [3.8, 4) is 23.0 Å². The molecule has 0 bridgehead atoms. The molecule has 0 saturated carbocycles. The van der Waals surface area contributed by atoms with Crippen LogP contribution >= 0.6 is 11.6 Å². The highest BCUT2D eigenvalue weighted by Gasteiger charge is 2.41. The number of ether oxygens (including phenoxy) is 4. The highest BCUT2D eigenvalue weighted by atomic mass is 35.5. The Hall–Kier alpha value is -3.38. The Kier molecular flexibility index (Phi) is 8.28. The van der Waals surface area contributed by atoms with Crippen molar-refractivity contribution < 1.29 is 18.9 Å². The second-order valence-corrected chi connectivity index (χ2v) is 10.0. The molecule has 0 fully saturated rings. The Morgan fingerprint density at radius 2 is 1.79 bits per heavy atom. The Morgan fingerprint density at radius 1 is 0.947 bits per heavy atom. The van der Waals surface area contributed by atoms with E-state index < -0.39 is 6.23 Å². The molecule has 0 aromatic heterocycles. The molecule has 7 heteroatoms. The van der Waals surface area contributed by atoms with Crippen LogP contribution in [0.25, 0.3) is 0 Å². The SMILES string of the molecule is CCCCCCOc1ccc([C@@H]2Oc3ccc(Cl)cc3[C@H]3CC(c4ccc(OCC)cc4)=NN32)cc1OC. The van der Waals surface area contributed by atoms with E-state index in [9.17, 15) is 0 Å². The van der Waals surface area contributed by atoms with Gasteiger partial charge in [0.05, 0.1) is 32.1 Å². The average molecular weight is 535 g/mol. The van der Waals surface area contributed by atoms with Crippen molar-refractivity contribution in [3.63, 3.8) is 0 Å². The van der Waals surface area contributed by atoms with Crippen LogP contribution in [0.5, 0.6) is 23.0 Å². The minimum atomic E-state index is -0.415. The van der Waals surface area contributed by atoms with Crippen LogP contribution in [0.2, 0.25) is 5.02 Å². The van der Waals surface area contributed by atoms with Gasteiger partial charge in [-0.25, -0.2) is 5.01 Å². The normalized spacial score (nSPS) is 17.8. The lowest BCUT2D eigenvalue weighted by Crippen LogP contribution is -2.33. The van der Waals surface area contributed by atoms with Crippen molar-refractivity contribution >= 4 is 17.3 Å². The molecule has 2 heterocycles. The minimum absolute atomic E-state index is 0.00417. The molecule has 6 nitrogen and oxygen atoms in total. The largest absolute Gasteiger partial charge is 0.494 e. The molecule has 2 aliphatic heterocycles. The maximum Gasteiger partial charge on any atom is 0.214 e. The van der Waals surface area contributed by atoms with Crippen molar-refractivity contribution in [3.05, 3.63) is 82.4 Å². The third-order valence-electron chi connectivity index (χ3n) is 6.98. The quantitative estimate of drug-likeness (QED) is 0.234. The van der Waals surface area contributed by atoms with Crippen molar-refractivity contribution in [2.24, 2.45) is 5.10 Å². The van der Waals surface area contributed by atoms with E-state index in [1.165, 1.54) is 19.3 Å². The second-order valence-electron chi connectivity index (χ2n) is 9.58. The number of methoxy groups -OCH3 is 1. The van der Waals surface area contributed by atoms with Gasteiger partial charge in [-0.3, -0.25) is 0 Å². The maximum atomic E-state index is 6.53. The van der Waals surface area contributed by atoms with Gasteiger partial charge in [0.15, 0.2) is 11.5 Å². The van der Waals surface area contributed by atoms with Gasteiger partial charge in [0, 0.05) is 22.6 Å². The maximum absolute atomic E-state index is 6.53. The first-order valence-electron chi connectivity index (χ1n) is 13.5. The molecule has 5 rings (SSSR count). The smallest absolute Gasteiger partial charge is 0.214 e. The highest BCUT2D eigenvalue weighted by Crippen LogP contribution is 2.49. The van der Waals surface area contributed by atoms with Crippen LogP contribution in [0.1, 0.15) is 74.9 Å². The van der Waals surface area contributed by atoms with Gasteiger partial charge >= 0.3 is 0 Å². The van der Waals surface area contributed by atoms with Gasteiger partial charge in [-0.15, -0.1) is 0 Å². The Morgan fingerprint density at radius 3 is 2.55 bits per heavy atom. The number of hydrogen-bond donors (Lipinski definition) is 0. The molecule has 3 aromatic carbocycles. The summed E-state index contributed by atoms with van der Waals surface area (Å²) < 4.78 is 23.9. The van der Waals surface area contributed by atoms with Gasteiger partial charge in [0.25, 0.3) is 0 Å². The first-order valence-corrected chi connectivity index (χ1v) is 13.8. The van der Waals surface area contributed by atoms with Crippen molar-refractivity contribution in [1.29, 1.82) is 0 Å². The third-order valence-corrected chi connectivity index (χ3v) is 7.21. The first kappa shape index (κ1) is 26.2. The van der Waals surface area contributed by atoms with Gasteiger partial charge in [-0.1, -0.05) is 37.8 Å². The fraction of sp³-hybridized carbons (Fsp3) is 0.387. The molecule has 0 amide bonds. The summed E-state index contributed by atoms with van der Waals surface area (Å²) in [6.45, 7) is 5.50. The molecule has 38 heavy (non-hydrogen) atoms. The fourth-order valence-corrected chi connectivity index (χ4v) is 5.21. The summed E-state index contributed by atoms with van der Waals surface area (Å²) in [4.78, 5) is 0. The molecular weight excluding hydrogens is 500 g/mol. The van der Waals surface area contributed by atoms with Crippen LogP contribution in [0.15, 0.2) is 65.8 Å². The van der Waals surface area contributed by atoms with Crippen LogP contribution in [-0.4, -0.2) is 31.0 Å². The third kappa shape index (κ3) is 5.56. The fourth-order valence-electron chi connectivity index (χ4n) is 5.03. The van der Waals surface area contributed by atoms with Gasteiger partial charge < -0.3 is 18.9 Å². The number of rotatable bonds is 11. The standard InChI is InChI=1S/C31H35ClN2O4/c1-4-6-7-8-17-37-29-15-11-22(18-30(29)35-3)31-34-27(25-19-23(32)12-16-28(25)38-31)20-26(33-34)21-9-13-24(14-10-21)36-5-2/h9-16,18-19,27,31H,4-8,17,20H2,1-3H3/t27-,31+/m1/s1. The molecule has 2 atom stereocenters. The van der Waals surface area contributed by atoms with E-state index in [1.54, 1.807) is 7.11 Å². The number of benzene rings is 3. The van der Waals surface area contributed by atoms with Gasteiger partial charge in [-0.2, -0.15) is 5.10 Å². The molecule has 2 aliphatic rings. The summed E-state index contributed by atoms with van der Waals surface area (Å²) >= 11 is 6.39. The monoisotopic (exact) mass is 534 g/mol. The number of hydrogen-bond acceptors (Lipinski definition) is 6. The van der Waals surface area contributed by atoms with Gasteiger partial charge in [-0.05, 0) is 79.6 Å². The summed E-state index contributed by atoms with van der Waals surface area (Å²) in [5, 5.41) is 7.80. The molecule has 0 N–H and O–H groups in total. The zero-order valence-electron chi connectivity index (χ0n) is 22.3. The van der Waals surface area contributed by atoms with Gasteiger partial charge in [0.1, 0.15) is 11.5 Å². The van der Waals surface area contributed by atoms with Crippen LogP contribution in [-0.2, 0) is 0 Å². The Balaban J connectivity index is 1.44. The van der Waals surface area contributed by atoms with Crippen LogP contribution in [0, 0.1) is 0 Å². The van der Waals surface area contributed by atoms with Crippen molar-refractivity contribution in [2.75, 3.05) is 20.3 Å². The second kappa shape index (κ2) is 12.0. The summed E-state index contributed by atoms with van der Waals surface area (Å²) in [5.74, 6) is 3.10. The lowest BCUT2D eigenvalue weighted by atomic mass is 9.96. The predicted molar refractivity (Wildman–Crippen MR) is 151 cm³/mol. The van der Waals surface area contributed by atoms with Crippen molar-refractivity contribution in [1.82, 2.24) is 5.01 Å². The number of fused-ring (bicyclic) bond motifs is 3. The zero-order valence-corrected chi connectivity index (χ0v) is 23.0. The molecule has 0 saturated heterocycles. The zero-order chi connectivity index (χ0) is 26.5. The van der Waals surface area contributed by atoms with E-state index in [-0.39, 0.29) is 6.04 Å². The average Bonchev–Trinajstić information content (AvgIpc) is 3.39. The first-order chi connectivity index (χ1) is 18.6. The molecule has 0 unspecified atom stereocenters. The lowest BCUT2D eigenvalue weighted by Gasteiger charge is -2.38. The van der Waals surface area contributed by atoms with Crippen LogP contribution < -0.4 is 18.9 Å². The van der Waals surface area contributed by atoms with E-state index in [0.717, 1.165) is 52.5 Å². The predicted octanol–water partition coefficient (Wildman–Crippen LogP) is 7.95. The Labute approximate surface area is 230 Å². The number of nitrogens with zero attached hydrogens (tertiary/aromatic N) is 2. The summed E-state index contributed by atoms with van der Waals surface area (Å²) in [7, 11) is 1.67. The Bertz CT molecular complexity index is 1280. The molecule has 0 radical (unpaired) electrons. The summed E-state index contributed by atoms with van der Waals surface area (Å²) in [6, 6.07) is 19.9. The summed E-state index contributed by atoms with van der Waals surface area (Å²) in [5.41, 5.74) is 4.05. The van der Waals surface area contributed by atoms with Crippen molar-refractivity contribution in [2.45, 2.75) is 58.2 Å². The number of hydrazone groups is 1. The molecular formula is C31H35ClN2O4.